The molecule has 0 radical (unpaired) electrons. The summed E-state index contributed by atoms with van der Waals surface area (Å²) >= 11 is 0. The van der Waals surface area contributed by atoms with Gasteiger partial charge in [-0.25, -0.2) is 10.9 Å². The van der Waals surface area contributed by atoms with Crippen LogP contribution >= 0.6 is 24.0 Å². The lowest BCUT2D eigenvalue weighted by molar-refractivity contribution is 0.588. The van der Waals surface area contributed by atoms with E-state index in [0.29, 0.717) is 17.6 Å². The zero-order valence-electron chi connectivity index (χ0n) is 13.2. The Labute approximate surface area is 138 Å². The molecule has 0 atom stereocenters. The number of hydrazone groups is 2. The third kappa shape index (κ3) is 8.67. The first-order chi connectivity index (χ1) is 8.92. The highest BCUT2D eigenvalue weighted by atomic mass is 127. The van der Waals surface area contributed by atoms with Gasteiger partial charge in [-0.05, 0) is 6.92 Å². The average molecular weight is 396 g/mol. The summed E-state index contributed by atoms with van der Waals surface area (Å²) in [5.74, 6) is 1.34. The summed E-state index contributed by atoms with van der Waals surface area (Å²) < 4.78 is 0. The molecule has 0 rings (SSSR count). The van der Waals surface area contributed by atoms with E-state index in [9.17, 15) is 0 Å². The monoisotopic (exact) mass is 396 g/mol. The van der Waals surface area contributed by atoms with Crippen LogP contribution in [0.15, 0.2) is 20.2 Å². The fraction of sp³-hybridized carbons (Fsp3) is 0.636. The second-order valence-corrected chi connectivity index (χ2v) is 4.12. The van der Waals surface area contributed by atoms with Crippen molar-refractivity contribution >= 4 is 47.8 Å². The molecule has 116 valence electrons. The van der Waals surface area contributed by atoms with E-state index >= 15 is 0 Å². The van der Waals surface area contributed by atoms with E-state index in [1.54, 1.807) is 20.3 Å². The van der Waals surface area contributed by atoms with Crippen LogP contribution in [-0.2, 0) is 0 Å². The summed E-state index contributed by atoms with van der Waals surface area (Å²) in [7, 11) is 10.9. The van der Waals surface area contributed by atoms with Crippen LogP contribution < -0.4 is 10.9 Å². The Bertz CT molecular complexity index is 384. The third-order valence-electron chi connectivity index (χ3n) is 2.02. The quantitative estimate of drug-likeness (QED) is 0.310. The molecule has 0 aromatic carbocycles. The standard InChI is InChI=1S/C11H24N8.HI/c1-9(15-17-11(13-3)19(6)7)8-14-16-10(12-2)18(4)5;/h8H,1-7H3,(H,12,16)(H,13,17);1H/b14-8+,15-9-;. The Hall–Kier alpha value is -1.39. The van der Waals surface area contributed by atoms with Crippen molar-refractivity contribution in [3.63, 3.8) is 0 Å². The maximum atomic E-state index is 4.14. The molecule has 9 heteroatoms. The minimum absolute atomic E-state index is 0. The first-order valence-corrected chi connectivity index (χ1v) is 5.80. The van der Waals surface area contributed by atoms with Gasteiger partial charge in [0, 0.05) is 42.3 Å². The van der Waals surface area contributed by atoms with Gasteiger partial charge in [0.25, 0.3) is 0 Å². The highest BCUT2D eigenvalue weighted by Gasteiger charge is 1.98. The summed E-state index contributed by atoms with van der Waals surface area (Å²) in [6.45, 7) is 1.83. The Morgan fingerprint density at radius 2 is 1.35 bits per heavy atom. The van der Waals surface area contributed by atoms with Gasteiger partial charge in [-0.15, -0.1) is 24.0 Å². The van der Waals surface area contributed by atoms with Crippen LogP contribution in [0.5, 0.6) is 0 Å². The number of nitrogens with zero attached hydrogens (tertiary/aromatic N) is 6. The van der Waals surface area contributed by atoms with E-state index in [1.165, 1.54) is 0 Å². The predicted molar refractivity (Wildman–Crippen MR) is 97.4 cm³/mol. The van der Waals surface area contributed by atoms with Crippen molar-refractivity contribution in [2.45, 2.75) is 6.92 Å². The first-order valence-electron chi connectivity index (χ1n) is 5.80. The molecule has 0 spiro atoms. The molecule has 0 aliphatic heterocycles. The first kappa shape index (κ1) is 20.9. The zero-order valence-corrected chi connectivity index (χ0v) is 15.5. The van der Waals surface area contributed by atoms with Crippen molar-refractivity contribution in [1.82, 2.24) is 20.7 Å². The number of hydrogen-bond donors (Lipinski definition) is 2. The van der Waals surface area contributed by atoms with Crippen LogP contribution in [0.2, 0.25) is 0 Å². The average Bonchev–Trinajstić information content (AvgIpc) is 2.34. The molecule has 0 aromatic heterocycles. The van der Waals surface area contributed by atoms with Gasteiger partial charge >= 0.3 is 0 Å². The molecule has 2 N–H and O–H groups in total. The topological polar surface area (TPSA) is 80.0 Å². The summed E-state index contributed by atoms with van der Waals surface area (Å²) in [6, 6.07) is 0. The number of rotatable bonds is 3. The normalized spacial score (nSPS) is 13.1. The molecule has 0 aliphatic carbocycles. The minimum atomic E-state index is 0. The Kier molecular flexibility index (Phi) is 12.0. The van der Waals surface area contributed by atoms with Crippen molar-refractivity contribution in [3.8, 4) is 0 Å². The molecule has 20 heavy (non-hydrogen) atoms. The molecule has 8 nitrogen and oxygen atoms in total. The van der Waals surface area contributed by atoms with Gasteiger partial charge in [-0.3, -0.25) is 9.98 Å². The lowest BCUT2D eigenvalue weighted by atomic mass is 10.5. The zero-order chi connectivity index (χ0) is 14.8. The van der Waals surface area contributed by atoms with Gasteiger partial charge in [0.05, 0.1) is 11.9 Å². The van der Waals surface area contributed by atoms with Gasteiger partial charge in [0.2, 0.25) is 11.9 Å². The largest absolute Gasteiger partial charge is 0.348 e. The number of hydrogen-bond acceptors (Lipinski definition) is 4. The van der Waals surface area contributed by atoms with Crippen molar-refractivity contribution in [2.24, 2.45) is 20.2 Å². The second-order valence-electron chi connectivity index (χ2n) is 4.12. The minimum Gasteiger partial charge on any atom is -0.348 e. The summed E-state index contributed by atoms with van der Waals surface area (Å²) in [5, 5.41) is 8.18. The van der Waals surface area contributed by atoms with E-state index in [0.717, 1.165) is 0 Å². The smallest absolute Gasteiger partial charge is 0.213 e. The Morgan fingerprint density at radius 3 is 1.75 bits per heavy atom. The SMILES string of the molecule is CN=C(N/N=C(C)\C=N\NC(=NC)N(C)C)N(C)C.I. The van der Waals surface area contributed by atoms with E-state index < -0.39 is 0 Å². The highest BCUT2D eigenvalue weighted by Crippen LogP contribution is 1.80. The summed E-state index contributed by atoms with van der Waals surface area (Å²) in [6.07, 6.45) is 1.60. The van der Waals surface area contributed by atoms with Crippen LogP contribution in [0.3, 0.4) is 0 Å². The van der Waals surface area contributed by atoms with Crippen LogP contribution in [-0.4, -0.2) is 75.9 Å². The van der Waals surface area contributed by atoms with E-state index in [-0.39, 0.29) is 24.0 Å². The van der Waals surface area contributed by atoms with Crippen molar-refractivity contribution in [1.29, 1.82) is 0 Å². The Morgan fingerprint density at radius 1 is 0.900 bits per heavy atom. The molecule has 0 aromatic rings. The van der Waals surface area contributed by atoms with Gasteiger partial charge in [0.1, 0.15) is 0 Å². The van der Waals surface area contributed by atoms with Gasteiger partial charge < -0.3 is 9.80 Å². The van der Waals surface area contributed by atoms with Crippen LogP contribution in [0, 0.1) is 0 Å². The Balaban J connectivity index is 0. The van der Waals surface area contributed by atoms with Gasteiger partial charge in [0.15, 0.2) is 0 Å². The maximum Gasteiger partial charge on any atom is 0.213 e. The number of guanidine groups is 2. The summed E-state index contributed by atoms with van der Waals surface area (Å²) in [4.78, 5) is 11.7. The molecule has 0 saturated heterocycles. The lowest BCUT2D eigenvalue weighted by Gasteiger charge is -2.14. The molecule has 0 amide bonds. The fourth-order valence-electron chi connectivity index (χ4n) is 1.05. The van der Waals surface area contributed by atoms with Crippen molar-refractivity contribution in [3.05, 3.63) is 0 Å². The molecular weight excluding hydrogens is 371 g/mol. The van der Waals surface area contributed by atoms with Crippen LogP contribution in [0.1, 0.15) is 6.92 Å². The van der Waals surface area contributed by atoms with E-state index in [4.69, 9.17) is 0 Å². The fourth-order valence-corrected chi connectivity index (χ4v) is 1.05. The number of aliphatic imine (C=N–C) groups is 2. The maximum absolute atomic E-state index is 4.14. The predicted octanol–water partition coefficient (Wildman–Crippen LogP) is 0.240. The molecule has 0 bridgehead atoms. The van der Waals surface area contributed by atoms with Crippen molar-refractivity contribution in [2.75, 3.05) is 42.3 Å². The summed E-state index contributed by atoms with van der Waals surface area (Å²) in [5.41, 5.74) is 6.38. The van der Waals surface area contributed by atoms with Gasteiger partial charge in [-0.1, -0.05) is 0 Å². The number of halogens is 1. The molecular formula is C11H25IN8. The number of nitrogens with one attached hydrogen (secondary N) is 2. The van der Waals surface area contributed by atoms with Gasteiger partial charge in [-0.2, -0.15) is 10.2 Å². The molecule has 0 heterocycles. The molecule has 0 fully saturated rings. The third-order valence-corrected chi connectivity index (χ3v) is 2.02. The van der Waals surface area contributed by atoms with Crippen molar-refractivity contribution < 1.29 is 0 Å². The highest BCUT2D eigenvalue weighted by molar-refractivity contribution is 14.0. The lowest BCUT2D eigenvalue weighted by Crippen LogP contribution is -2.34. The molecule has 0 unspecified atom stereocenters. The second kappa shape index (κ2) is 11.4. The van der Waals surface area contributed by atoms with Crippen LogP contribution in [0.25, 0.3) is 0 Å². The van der Waals surface area contributed by atoms with E-state index in [2.05, 4.69) is 31.0 Å². The van der Waals surface area contributed by atoms with Crippen LogP contribution in [0.4, 0.5) is 0 Å². The van der Waals surface area contributed by atoms with E-state index in [1.807, 2.05) is 44.9 Å². The molecule has 0 aliphatic rings. The molecule has 0 saturated carbocycles.